The van der Waals surface area contributed by atoms with E-state index in [1.165, 1.54) is 0 Å². The minimum atomic E-state index is -0.691. The Kier molecular flexibility index (Phi) is 14.0. The molecular formula is C28H42ClN3O6. The van der Waals surface area contributed by atoms with Crippen LogP contribution in [0.2, 0.25) is 0 Å². The lowest BCUT2D eigenvalue weighted by atomic mass is 9.92. The molecule has 0 saturated carbocycles. The average Bonchev–Trinajstić information content (AvgIpc) is 2.85. The highest BCUT2D eigenvalue weighted by Gasteiger charge is 2.27. The molecule has 0 aromatic heterocycles. The third kappa shape index (κ3) is 12.5. The Balaban J connectivity index is 2.54. The standard InChI is InChI=1S/C28H42ClN3O6/c1-18(2)25(32-23(34)9-7-8-14-30-24(35)16-29)22(33)15-19(3)26(36)31-21-12-10-20(11-13-21)17-38-27(37)28(4,5)6/h10-13,18-19,25H,7-9,14-17H2,1-6H3,(H,30,35)(H,31,36)(H,32,34)/t19-,25+/m0/s1. The number of unbranched alkanes of at least 4 members (excludes halogenated alkanes) is 1. The molecule has 9 nitrogen and oxygen atoms in total. The number of amides is 3. The Morgan fingerprint density at radius 2 is 1.58 bits per heavy atom. The van der Waals surface area contributed by atoms with Crippen molar-refractivity contribution in [2.75, 3.05) is 17.7 Å². The van der Waals surface area contributed by atoms with Gasteiger partial charge in [0, 0.05) is 31.0 Å². The van der Waals surface area contributed by atoms with E-state index in [1.54, 1.807) is 52.0 Å². The Morgan fingerprint density at radius 1 is 0.947 bits per heavy atom. The summed E-state index contributed by atoms with van der Waals surface area (Å²) in [6.07, 6.45) is 1.40. The third-order valence-corrected chi connectivity index (χ3v) is 6.01. The Labute approximate surface area is 230 Å². The van der Waals surface area contributed by atoms with Crippen molar-refractivity contribution in [1.82, 2.24) is 10.6 Å². The molecule has 0 bridgehead atoms. The number of alkyl halides is 1. The number of hydrogen-bond donors (Lipinski definition) is 3. The van der Waals surface area contributed by atoms with Gasteiger partial charge in [0.25, 0.3) is 0 Å². The lowest BCUT2D eigenvalue weighted by molar-refractivity contribution is -0.154. The maximum absolute atomic E-state index is 12.9. The van der Waals surface area contributed by atoms with Crippen molar-refractivity contribution in [1.29, 1.82) is 0 Å². The van der Waals surface area contributed by atoms with E-state index < -0.39 is 17.4 Å². The van der Waals surface area contributed by atoms with Gasteiger partial charge in [0.05, 0.1) is 11.5 Å². The van der Waals surface area contributed by atoms with E-state index in [9.17, 15) is 24.0 Å². The quantitative estimate of drug-likeness (QED) is 0.172. The fraction of sp³-hybridized carbons (Fsp3) is 0.607. The Morgan fingerprint density at radius 3 is 2.13 bits per heavy atom. The van der Waals surface area contributed by atoms with Crippen LogP contribution in [0.5, 0.6) is 0 Å². The van der Waals surface area contributed by atoms with Gasteiger partial charge in [0.1, 0.15) is 12.5 Å². The highest BCUT2D eigenvalue weighted by Crippen LogP contribution is 2.18. The molecule has 3 amide bonds. The molecule has 0 unspecified atom stereocenters. The molecule has 1 aromatic rings. The maximum atomic E-state index is 12.9. The van der Waals surface area contributed by atoms with Crippen LogP contribution in [-0.4, -0.2) is 47.9 Å². The van der Waals surface area contributed by atoms with Gasteiger partial charge < -0.3 is 20.7 Å². The second kappa shape index (κ2) is 16.1. The lowest BCUT2D eigenvalue weighted by Gasteiger charge is -2.23. The van der Waals surface area contributed by atoms with Crippen LogP contribution in [0, 0.1) is 17.3 Å². The first-order valence-corrected chi connectivity index (χ1v) is 13.5. The van der Waals surface area contributed by atoms with Crippen molar-refractivity contribution >= 4 is 46.8 Å². The van der Waals surface area contributed by atoms with Gasteiger partial charge in [-0.05, 0) is 57.2 Å². The molecule has 3 N–H and O–H groups in total. The summed E-state index contributed by atoms with van der Waals surface area (Å²) in [6, 6.07) is 6.26. The van der Waals surface area contributed by atoms with Crippen LogP contribution in [0.4, 0.5) is 5.69 Å². The van der Waals surface area contributed by atoms with E-state index in [0.717, 1.165) is 5.56 Å². The van der Waals surface area contributed by atoms with Gasteiger partial charge in [-0.15, -0.1) is 11.6 Å². The fourth-order valence-corrected chi connectivity index (χ4v) is 3.48. The molecule has 38 heavy (non-hydrogen) atoms. The van der Waals surface area contributed by atoms with Crippen LogP contribution in [0.15, 0.2) is 24.3 Å². The number of anilines is 1. The van der Waals surface area contributed by atoms with Gasteiger partial charge in [-0.25, -0.2) is 0 Å². The molecular weight excluding hydrogens is 510 g/mol. The number of benzene rings is 1. The van der Waals surface area contributed by atoms with Gasteiger partial charge in [0.15, 0.2) is 5.78 Å². The number of Topliss-reactive ketones (excluding diaryl/α,β-unsaturated/α-hetero) is 1. The highest BCUT2D eigenvalue weighted by molar-refractivity contribution is 6.27. The summed E-state index contributed by atoms with van der Waals surface area (Å²) in [6.45, 7) is 11.3. The molecule has 0 aliphatic heterocycles. The fourth-order valence-electron chi connectivity index (χ4n) is 3.39. The van der Waals surface area contributed by atoms with E-state index >= 15 is 0 Å². The van der Waals surface area contributed by atoms with E-state index in [1.807, 2.05) is 13.8 Å². The summed E-state index contributed by atoms with van der Waals surface area (Å²) in [5.74, 6) is -2.14. The van der Waals surface area contributed by atoms with Gasteiger partial charge >= 0.3 is 5.97 Å². The zero-order chi connectivity index (χ0) is 28.9. The maximum Gasteiger partial charge on any atom is 0.311 e. The molecule has 0 aliphatic carbocycles. The monoisotopic (exact) mass is 551 g/mol. The molecule has 0 radical (unpaired) electrons. The normalized spacial score (nSPS) is 12.8. The second-order valence-electron chi connectivity index (χ2n) is 10.8. The predicted molar refractivity (Wildman–Crippen MR) is 147 cm³/mol. The van der Waals surface area contributed by atoms with Gasteiger partial charge in [-0.3, -0.25) is 24.0 Å². The molecule has 212 valence electrons. The number of carbonyl (C=O) groups excluding carboxylic acids is 5. The largest absolute Gasteiger partial charge is 0.460 e. The number of ether oxygens (including phenoxy) is 1. The number of ketones is 1. The number of esters is 1. The summed E-state index contributed by atoms with van der Waals surface area (Å²) in [5, 5.41) is 8.23. The van der Waals surface area contributed by atoms with Gasteiger partial charge in [0.2, 0.25) is 17.7 Å². The molecule has 2 atom stereocenters. The topological polar surface area (TPSA) is 131 Å². The zero-order valence-electron chi connectivity index (χ0n) is 23.3. The third-order valence-electron chi connectivity index (χ3n) is 5.76. The summed E-state index contributed by atoms with van der Waals surface area (Å²) in [7, 11) is 0. The minimum Gasteiger partial charge on any atom is -0.460 e. The van der Waals surface area contributed by atoms with Crippen molar-refractivity contribution in [2.24, 2.45) is 17.3 Å². The summed E-state index contributed by atoms with van der Waals surface area (Å²) in [4.78, 5) is 61.0. The van der Waals surface area contributed by atoms with Crippen molar-refractivity contribution in [3.05, 3.63) is 29.8 Å². The summed E-state index contributed by atoms with van der Waals surface area (Å²) in [5.41, 5.74) is 0.777. The smallest absolute Gasteiger partial charge is 0.311 e. The van der Waals surface area contributed by atoms with E-state index in [0.29, 0.717) is 25.1 Å². The lowest BCUT2D eigenvalue weighted by Crippen LogP contribution is -2.45. The number of carbonyl (C=O) groups is 5. The highest BCUT2D eigenvalue weighted by atomic mass is 35.5. The molecule has 10 heteroatoms. The van der Waals surface area contributed by atoms with Crippen molar-refractivity contribution in [3.8, 4) is 0 Å². The number of rotatable bonds is 15. The minimum absolute atomic E-state index is 0.0136. The molecule has 0 heterocycles. The molecule has 0 aliphatic rings. The predicted octanol–water partition coefficient (Wildman–Crippen LogP) is 3.98. The summed E-state index contributed by atoms with van der Waals surface area (Å²) < 4.78 is 5.30. The van der Waals surface area contributed by atoms with E-state index in [4.69, 9.17) is 16.3 Å². The average molecular weight is 552 g/mol. The first kappa shape index (κ1) is 33.1. The van der Waals surface area contributed by atoms with Crippen LogP contribution < -0.4 is 16.0 Å². The van der Waals surface area contributed by atoms with Crippen LogP contribution in [0.25, 0.3) is 0 Å². The molecule has 1 rings (SSSR count). The first-order valence-electron chi connectivity index (χ1n) is 13.0. The van der Waals surface area contributed by atoms with Crippen molar-refractivity contribution in [3.63, 3.8) is 0 Å². The van der Waals surface area contributed by atoms with Gasteiger partial charge in [-0.2, -0.15) is 0 Å². The van der Waals surface area contributed by atoms with E-state index in [-0.39, 0.29) is 60.7 Å². The van der Waals surface area contributed by atoms with Crippen molar-refractivity contribution in [2.45, 2.75) is 79.9 Å². The number of halogens is 1. The number of hydrogen-bond acceptors (Lipinski definition) is 6. The first-order chi connectivity index (χ1) is 17.7. The summed E-state index contributed by atoms with van der Waals surface area (Å²) >= 11 is 5.42. The number of nitrogens with one attached hydrogen (secondary N) is 3. The molecule has 0 spiro atoms. The second-order valence-corrected chi connectivity index (χ2v) is 11.1. The molecule has 0 fully saturated rings. The SMILES string of the molecule is CC(C)[C@@H](NC(=O)CCCCNC(=O)CCl)C(=O)C[C@H](C)C(=O)Nc1ccc(COC(=O)C(C)(C)C)cc1. The molecule has 1 aromatic carbocycles. The van der Waals surface area contributed by atoms with E-state index in [2.05, 4.69) is 16.0 Å². The van der Waals surface area contributed by atoms with Gasteiger partial charge in [-0.1, -0.05) is 32.9 Å². The Hall–Kier alpha value is -2.94. The van der Waals surface area contributed by atoms with Crippen LogP contribution >= 0.6 is 11.6 Å². The zero-order valence-corrected chi connectivity index (χ0v) is 24.1. The Bertz CT molecular complexity index is 956. The van der Waals surface area contributed by atoms with Crippen molar-refractivity contribution < 1.29 is 28.7 Å². The van der Waals surface area contributed by atoms with Crippen LogP contribution in [-0.2, 0) is 35.3 Å². The van der Waals surface area contributed by atoms with Crippen LogP contribution in [0.3, 0.4) is 0 Å². The molecule has 0 saturated heterocycles. The van der Waals surface area contributed by atoms with Crippen LogP contribution in [0.1, 0.15) is 72.8 Å².